The van der Waals surface area contributed by atoms with Crippen molar-refractivity contribution < 1.29 is 8.42 Å². The molecule has 2 aromatic carbocycles. The van der Waals surface area contributed by atoms with Crippen molar-refractivity contribution in [3.8, 4) is 16.9 Å². The molecule has 0 fully saturated rings. The molecule has 0 spiro atoms. The molecule has 1 aliphatic carbocycles. The van der Waals surface area contributed by atoms with Crippen molar-refractivity contribution in [1.29, 1.82) is 0 Å². The third-order valence-corrected chi connectivity index (χ3v) is 7.26. The number of rotatable bonds is 3. The van der Waals surface area contributed by atoms with Gasteiger partial charge in [-0.3, -0.25) is 4.79 Å². The fraction of sp³-hybridized carbons (Fsp3) is 0.0909. The Hall–Kier alpha value is -3.16. The van der Waals surface area contributed by atoms with Gasteiger partial charge in [-0.25, -0.2) is 13.1 Å². The van der Waals surface area contributed by atoms with Crippen LogP contribution in [-0.2, 0) is 22.7 Å². The van der Waals surface area contributed by atoms with E-state index in [0.29, 0.717) is 23.6 Å². The van der Waals surface area contributed by atoms with Gasteiger partial charge in [0.25, 0.3) is 5.56 Å². The van der Waals surface area contributed by atoms with Crippen LogP contribution in [0.2, 0.25) is 5.02 Å². The summed E-state index contributed by atoms with van der Waals surface area (Å²) >= 11 is 6.11. The average molecular weight is 438 g/mol. The van der Waals surface area contributed by atoms with Gasteiger partial charge in [0, 0.05) is 10.6 Å². The van der Waals surface area contributed by atoms with Gasteiger partial charge in [0.15, 0.2) is 0 Å². The Bertz CT molecular complexity index is 1440. The quantitative estimate of drug-likeness (QED) is 0.528. The summed E-state index contributed by atoms with van der Waals surface area (Å²) in [4.78, 5) is 15.4. The van der Waals surface area contributed by atoms with Gasteiger partial charge in [0.2, 0.25) is 9.84 Å². The topological polar surface area (TPSA) is 84.8 Å². The van der Waals surface area contributed by atoms with Crippen LogP contribution in [0.1, 0.15) is 11.3 Å². The minimum atomic E-state index is -3.90. The van der Waals surface area contributed by atoms with Crippen molar-refractivity contribution in [3.05, 3.63) is 93.5 Å². The number of fused-ring (bicyclic) bond motifs is 3. The van der Waals surface area contributed by atoms with Gasteiger partial charge in [-0.05, 0) is 54.8 Å². The molecule has 8 heteroatoms. The van der Waals surface area contributed by atoms with Crippen molar-refractivity contribution in [2.75, 3.05) is 0 Å². The maximum Gasteiger partial charge on any atom is 0.267 e. The van der Waals surface area contributed by atoms with E-state index in [-0.39, 0.29) is 9.79 Å². The third-order valence-electron chi connectivity index (χ3n) is 5.25. The van der Waals surface area contributed by atoms with E-state index in [1.165, 1.54) is 18.2 Å². The summed E-state index contributed by atoms with van der Waals surface area (Å²) in [5, 5.41) is 5.08. The SMILES string of the molecule is O=c1[nH]c2c(cc1S(=O)(=O)c1ccccc1)CCc1c-2cnn1-c1cccc(Cl)c1. The monoisotopic (exact) mass is 437 g/mol. The first-order valence-corrected chi connectivity index (χ1v) is 11.2. The molecule has 0 unspecified atom stereocenters. The predicted octanol–water partition coefficient (Wildman–Crippen LogP) is 3.81. The number of sulfone groups is 1. The van der Waals surface area contributed by atoms with E-state index in [4.69, 9.17) is 11.6 Å². The molecule has 0 radical (unpaired) electrons. The number of benzene rings is 2. The van der Waals surface area contributed by atoms with Crippen LogP contribution in [0.15, 0.2) is 81.4 Å². The normalized spacial score (nSPS) is 13.0. The summed E-state index contributed by atoms with van der Waals surface area (Å²) in [5.74, 6) is 0. The molecule has 0 bridgehead atoms. The molecule has 1 N–H and O–H groups in total. The first-order chi connectivity index (χ1) is 14.4. The molecule has 0 saturated heterocycles. The minimum Gasteiger partial charge on any atom is -0.320 e. The fourth-order valence-corrected chi connectivity index (χ4v) is 5.37. The molecule has 150 valence electrons. The van der Waals surface area contributed by atoms with Crippen molar-refractivity contribution in [2.24, 2.45) is 0 Å². The number of pyridine rings is 1. The molecule has 5 rings (SSSR count). The number of nitrogens with one attached hydrogen (secondary N) is 1. The number of aromatic nitrogens is 3. The van der Waals surface area contributed by atoms with Crippen molar-refractivity contribution in [3.63, 3.8) is 0 Å². The van der Waals surface area contributed by atoms with E-state index < -0.39 is 15.4 Å². The molecule has 4 aromatic rings. The van der Waals surface area contributed by atoms with Crippen molar-refractivity contribution >= 4 is 21.4 Å². The van der Waals surface area contributed by atoms with Crippen LogP contribution in [0.4, 0.5) is 0 Å². The summed E-state index contributed by atoms with van der Waals surface area (Å²) in [7, 11) is -3.90. The Morgan fingerprint density at radius 3 is 2.57 bits per heavy atom. The smallest absolute Gasteiger partial charge is 0.267 e. The van der Waals surface area contributed by atoms with E-state index >= 15 is 0 Å². The van der Waals surface area contributed by atoms with Crippen molar-refractivity contribution in [2.45, 2.75) is 22.6 Å². The molecule has 0 atom stereocenters. The largest absolute Gasteiger partial charge is 0.320 e. The molecule has 30 heavy (non-hydrogen) atoms. The van der Waals surface area contributed by atoms with Gasteiger partial charge in [-0.2, -0.15) is 5.10 Å². The van der Waals surface area contributed by atoms with Crippen LogP contribution < -0.4 is 5.56 Å². The van der Waals surface area contributed by atoms with Gasteiger partial charge in [0.05, 0.1) is 28.2 Å². The molecule has 1 aliphatic rings. The highest BCUT2D eigenvalue weighted by molar-refractivity contribution is 7.91. The highest BCUT2D eigenvalue weighted by Crippen LogP contribution is 2.34. The van der Waals surface area contributed by atoms with Gasteiger partial charge in [-0.1, -0.05) is 35.9 Å². The second kappa shape index (κ2) is 6.97. The van der Waals surface area contributed by atoms with Gasteiger partial charge in [-0.15, -0.1) is 0 Å². The van der Waals surface area contributed by atoms with Crippen LogP contribution >= 0.6 is 11.6 Å². The third kappa shape index (κ3) is 2.98. The van der Waals surface area contributed by atoms with Gasteiger partial charge >= 0.3 is 0 Å². The standard InChI is InChI=1S/C22H16ClN3O3S/c23-15-5-4-6-16(12-15)26-19-10-9-14-11-20(22(27)25-21(14)18(19)13-24-26)30(28,29)17-7-2-1-3-8-17/h1-8,11-13H,9-10H2,(H,25,27). The zero-order valence-corrected chi connectivity index (χ0v) is 17.2. The van der Waals surface area contributed by atoms with Gasteiger partial charge in [0.1, 0.15) is 4.90 Å². The Kier molecular flexibility index (Phi) is 4.38. The molecule has 0 amide bonds. The number of aryl methyl sites for hydroxylation is 1. The second-order valence-electron chi connectivity index (χ2n) is 7.08. The van der Waals surface area contributed by atoms with Crippen LogP contribution in [0, 0.1) is 0 Å². The Balaban J connectivity index is 1.63. The minimum absolute atomic E-state index is 0.0979. The number of hydrogen-bond donors (Lipinski definition) is 1. The number of aromatic amines is 1. The van der Waals surface area contributed by atoms with Crippen LogP contribution in [-0.4, -0.2) is 23.2 Å². The van der Waals surface area contributed by atoms with Crippen LogP contribution in [0.3, 0.4) is 0 Å². The number of nitrogens with zero attached hydrogens (tertiary/aromatic N) is 2. The first kappa shape index (κ1) is 18.8. The maximum atomic E-state index is 13.0. The van der Waals surface area contributed by atoms with E-state index in [0.717, 1.165) is 22.5 Å². The number of hydrogen-bond acceptors (Lipinski definition) is 4. The summed E-state index contributed by atoms with van der Waals surface area (Å²) in [6.45, 7) is 0. The highest BCUT2D eigenvalue weighted by atomic mass is 35.5. The molecule has 2 heterocycles. The Morgan fingerprint density at radius 2 is 1.80 bits per heavy atom. The molecular formula is C22H16ClN3O3S. The lowest BCUT2D eigenvalue weighted by Crippen LogP contribution is -2.21. The van der Waals surface area contributed by atoms with Crippen molar-refractivity contribution in [1.82, 2.24) is 14.8 Å². The second-order valence-corrected chi connectivity index (χ2v) is 9.43. The predicted molar refractivity (Wildman–Crippen MR) is 114 cm³/mol. The van der Waals surface area contributed by atoms with E-state index in [2.05, 4.69) is 10.1 Å². The molecule has 0 aliphatic heterocycles. The number of H-pyrrole nitrogens is 1. The Morgan fingerprint density at radius 1 is 1.00 bits per heavy atom. The van der Waals surface area contributed by atoms with Crippen LogP contribution in [0.25, 0.3) is 16.9 Å². The fourth-order valence-electron chi connectivity index (χ4n) is 3.82. The van der Waals surface area contributed by atoms with Gasteiger partial charge < -0.3 is 4.98 Å². The van der Waals surface area contributed by atoms with E-state index in [1.807, 2.05) is 18.2 Å². The average Bonchev–Trinajstić information content (AvgIpc) is 3.18. The highest BCUT2D eigenvalue weighted by Gasteiger charge is 2.27. The van der Waals surface area contributed by atoms with E-state index in [9.17, 15) is 13.2 Å². The summed E-state index contributed by atoms with van der Waals surface area (Å²) in [6.07, 6.45) is 2.93. The molecule has 6 nitrogen and oxygen atoms in total. The summed E-state index contributed by atoms with van der Waals surface area (Å²) in [5.41, 5.74) is 3.32. The van der Waals surface area contributed by atoms with E-state index in [1.54, 1.807) is 35.1 Å². The lowest BCUT2D eigenvalue weighted by atomic mass is 9.94. The molecular weight excluding hydrogens is 422 g/mol. The zero-order valence-electron chi connectivity index (χ0n) is 15.7. The molecule has 0 saturated carbocycles. The zero-order chi connectivity index (χ0) is 20.9. The lowest BCUT2D eigenvalue weighted by molar-refractivity contribution is 0.594. The van der Waals surface area contributed by atoms with Crippen LogP contribution in [0.5, 0.6) is 0 Å². The summed E-state index contributed by atoms with van der Waals surface area (Å²) < 4.78 is 27.7. The number of halogens is 1. The summed E-state index contributed by atoms with van der Waals surface area (Å²) in [6, 6.07) is 16.9. The lowest BCUT2D eigenvalue weighted by Gasteiger charge is -2.18. The molecule has 2 aromatic heterocycles. The Labute approximate surface area is 177 Å². The maximum absolute atomic E-state index is 13.0. The first-order valence-electron chi connectivity index (χ1n) is 9.35.